The van der Waals surface area contributed by atoms with Crippen LogP contribution < -0.4 is 5.32 Å². The lowest BCUT2D eigenvalue weighted by Crippen LogP contribution is -2.35. The summed E-state index contributed by atoms with van der Waals surface area (Å²) >= 11 is 0. The molecule has 0 rings (SSSR count). The minimum absolute atomic E-state index is 0.360. The van der Waals surface area contributed by atoms with Gasteiger partial charge in [-0.2, -0.15) is 0 Å². The van der Waals surface area contributed by atoms with E-state index in [4.69, 9.17) is 0 Å². The van der Waals surface area contributed by atoms with Crippen LogP contribution in [0.25, 0.3) is 0 Å². The first-order valence-corrected chi connectivity index (χ1v) is 3.07. The van der Waals surface area contributed by atoms with Crippen molar-refractivity contribution in [2.75, 3.05) is 7.11 Å². The van der Waals surface area contributed by atoms with Crippen molar-refractivity contribution in [1.82, 2.24) is 5.32 Å². The van der Waals surface area contributed by atoms with E-state index in [1.165, 1.54) is 13.2 Å². The number of carbonyl (C=O) groups is 1. The van der Waals surface area contributed by atoms with Gasteiger partial charge in [0.2, 0.25) is 6.29 Å². The number of nitrogens with one attached hydrogen (secondary N) is 1. The summed E-state index contributed by atoms with van der Waals surface area (Å²) < 4.78 is 4.27. The summed E-state index contributed by atoms with van der Waals surface area (Å²) in [6, 6.07) is -0.653. The molecule has 0 aliphatic heterocycles. The zero-order valence-electron chi connectivity index (χ0n) is 6.29. The molecule has 0 aliphatic rings. The number of rotatable bonds is 4. The SMILES string of the molecule is C=CCC([C]=O)NC(=O)OC. The molecular weight excluding hydrogens is 146 g/mol. The lowest BCUT2D eigenvalue weighted by atomic mass is 10.2. The average molecular weight is 156 g/mol. The van der Waals surface area contributed by atoms with Gasteiger partial charge in [-0.3, -0.25) is 4.79 Å². The molecule has 1 N–H and O–H groups in total. The summed E-state index contributed by atoms with van der Waals surface area (Å²) in [7, 11) is 1.23. The third-order valence-corrected chi connectivity index (χ3v) is 1.02. The summed E-state index contributed by atoms with van der Waals surface area (Å²) in [5, 5.41) is 2.26. The molecule has 4 nitrogen and oxygen atoms in total. The number of amides is 1. The summed E-state index contributed by atoms with van der Waals surface area (Å²) in [6.07, 6.45) is 2.88. The topological polar surface area (TPSA) is 55.4 Å². The standard InChI is InChI=1S/C7H10NO3/c1-3-4-6(5-9)8-7(10)11-2/h3,6H,1,4H2,2H3,(H,8,10). The molecule has 11 heavy (non-hydrogen) atoms. The molecule has 1 atom stereocenters. The van der Waals surface area contributed by atoms with Crippen molar-refractivity contribution in [2.24, 2.45) is 0 Å². The highest BCUT2D eigenvalue weighted by Crippen LogP contribution is 1.88. The summed E-state index contributed by atoms with van der Waals surface area (Å²) in [4.78, 5) is 20.6. The van der Waals surface area contributed by atoms with Gasteiger partial charge in [-0.05, 0) is 6.42 Å². The molecule has 0 aromatic heterocycles. The van der Waals surface area contributed by atoms with Crippen LogP contribution in [0.3, 0.4) is 0 Å². The Morgan fingerprint density at radius 1 is 1.91 bits per heavy atom. The van der Waals surface area contributed by atoms with Gasteiger partial charge < -0.3 is 10.1 Å². The predicted octanol–water partition coefficient (Wildman–Crippen LogP) is 0.397. The first kappa shape index (κ1) is 9.68. The van der Waals surface area contributed by atoms with Gasteiger partial charge in [-0.1, -0.05) is 6.08 Å². The minimum Gasteiger partial charge on any atom is -0.453 e. The van der Waals surface area contributed by atoms with Gasteiger partial charge >= 0.3 is 6.09 Å². The van der Waals surface area contributed by atoms with Crippen molar-refractivity contribution >= 4 is 12.4 Å². The Labute approximate surface area is 65.2 Å². The fourth-order valence-corrected chi connectivity index (χ4v) is 0.504. The molecule has 61 valence electrons. The zero-order valence-corrected chi connectivity index (χ0v) is 6.29. The molecule has 0 saturated carbocycles. The van der Waals surface area contributed by atoms with E-state index < -0.39 is 12.1 Å². The molecule has 0 bridgehead atoms. The summed E-state index contributed by atoms with van der Waals surface area (Å²) in [6.45, 7) is 3.41. The smallest absolute Gasteiger partial charge is 0.407 e. The number of carbonyl (C=O) groups excluding carboxylic acids is 2. The van der Waals surface area contributed by atoms with E-state index in [-0.39, 0.29) is 0 Å². The molecule has 0 spiro atoms. The minimum atomic E-state index is -0.653. The Balaban J connectivity index is 3.76. The quantitative estimate of drug-likeness (QED) is 0.599. The van der Waals surface area contributed by atoms with Gasteiger partial charge in [0, 0.05) is 0 Å². The molecule has 4 heteroatoms. The van der Waals surface area contributed by atoms with E-state index in [9.17, 15) is 9.59 Å². The second-order valence-corrected chi connectivity index (χ2v) is 1.83. The molecule has 0 fully saturated rings. The van der Waals surface area contributed by atoms with Crippen LogP contribution in [0.5, 0.6) is 0 Å². The maximum Gasteiger partial charge on any atom is 0.407 e. The normalized spacial score (nSPS) is 11.4. The summed E-state index contributed by atoms with van der Waals surface area (Å²) in [5.74, 6) is 0. The maximum absolute atomic E-state index is 10.5. The van der Waals surface area contributed by atoms with Crippen LogP contribution in [0.2, 0.25) is 0 Å². The van der Waals surface area contributed by atoms with Crippen LogP contribution >= 0.6 is 0 Å². The van der Waals surface area contributed by atoms with Crippen molar-refractivity contribution in [3.8, 4) is 0 Å². The fraction of sp³-hybridized carbons (Fsp3) is 0.429. The monoisotopic (exact) mass is 156 g/mol. The molecule has 0 aliphatic carbocycles. The molecule has 1 radical (unpaired) electrons. The highest BCUT2D eigenvalue weighted by atomic mass is 16.5. The van der Waals surface area contributed by atoms with E-state index >= 15 is 0 Å². The fourth-order valence-electron chi connectivity index (χ4n) is 0.504. The van der Waals surface area contributed by atoms with Crippen LogP contribution in [-0.2, 0) is 9.53 Å². The molecule has 1 unspecified atom stereocenters. The Hall–Kier alpha value is -1.32. The number of hydrogen-bond donors (Lipinski definition) is 1. The molecular formula is C7H10NO3. The first-order valence-electron chi connectivity index (χ1n) is 3.07. The van der Waals surface area contributed by atoms with Crippen LogP contribution in [0, 0.1) is 0 Å². The Morgan fingerprint density at radius 3 is 2.91 bits per heavy atom. The van der Waals surface area contributed by atoms with Crippen molar-refractivity contribution in [3.05, 3.63) is 12.7 Å². The van der Waals surface area contributed by atoms with Gasteiger partial charge in [0.05, 0.1) is 7.11 Å². The molecule has 0 heterocycles. The van der Waals surface area contributed by atoms with Gasteiger partial charge in [0.25, 0.3) is 0 Å². The van der Waals surface area contributed by atoms with Crippen LogP contribution in [0.15, 0.2) is 12.7 Å². The maximum atomic E-state index is 10.5. The van der Waals surface area contributed by atoms with Gasteiger partial charge in [-0.25, -0.2) is 4.79 Å². The van der Waals surface area contributed by atoms with E-state index in [1.54, 1.807) is 6.29 Å². The van der Waals surface area contributed by atoms with Gasteiger partial charge in [-0.15, -0.1) is 6.58 Å². The number of methoxy groups -OCH3 is 1. The number of ether oxygens (including phenoxy) is 1. The number of hydrogen-bond acceptors (Lipinski definition) is 3. The van der Waals surface area contributed by atoms with E-state index in [0.29, 0.717) is 6.42 Å². The Bertz CT molecular complexity index is 156. The Kier molecular flexibility index (Phi) is 4.81. The lowest BCUT2D eigenvalue weighted by molar-refractivity contribution is 0.169. The van der Waals surface area contributed by atoms with E-state index in [2.05, 4.69) is 16.6 Å². The van der Waals surface area contributed by atoms with Crippen molar-refractivity contribution in [3.63, 3.8) is 0 Å². The third-order valence-electron chi connectivity index (χ3n) is 1.02. The molecule has 0 aromatic rings. The largest absolute Gasteiger partial charge is 0.453 e. The number of alkyl carbamates (subject to hydrolysis) is 1. The summed E-state index contributed by atoms with van der Waals surface area (Å²) in [5.41, 5.74) is 0. The second-order valence-electron chi connectivity index (χ2n) is 1.83. The van der Waals surface area contributed by atoms with Crippen LogP contribution in [0.4, 0.5) is 4.79 Å². The van der Waals surface area contributed by atoms with E-state index in [1.807, 2.05) is 0 Å². The van der Waals surface area contributed by atoms with Gasteiger partial charge in [0.1, 0.15) is 6.04 Å². The van der Waals surface area contributed by atoms with Gasteiger partial charge in [0.15, 0.2) is 0 Å². The predicted molar refractivity (Wildman–Crippen MR) is 39.8 cm³/mol. The van der Waals surface area contributed by atoms with Crippen molar-refractivity contribution < 1.29 is 14.3 Å². The second kappa shape index (κ2) is 5.46. The molecule has 1 amide bonds. The first-order chi connectivity index (χ1) is 5.24. The highest BCUT2D eigenvalue weighted by Gasteiger charge is 2.09. The highest BCUT2D eigenvalue weighted by molar-refractivity contribution is 5.73. The van der Waals surface area contributed by atoms with Crippen LogP contribution in [0.1, 0.15) is 6.42 Å². The average Bonchev–Trinajstić information content (AvgIpc) is 2.03. The van der Waals surface area contributed by atoms with Crippen molar-refractivity contribution in [2.45, 2.75) is 12.5 Å². The molecule has 0 aromatic carbocycles. The van der Waals surface area contributed by atoms with Crippen LogP contribution in [-0.4, -0.2) is 25.5 Å². The lowest BCUT2D eigenvalue weighted by Gasteiger charge is -2.07. The third kappa shape index (κ3) is 4.13. The van der Waals surface area contributed by atoms with E-state index in [0.717, 1.165) is 0 Å². The van der Waals surface area contributed by atoms with Crippen molar-refractivity contribution in [1.29, 1.82) is 0 Å². The Morgan fingerprint density at radius 2 is 2.55 bits per heavy atom. The zero-order chi connectivity index (χ0) is 8.69. The molecule has 0 saturated heterocycles.